The number of carbonyl (C=O) groups is 1. The van der Waals surface area contributed by atoms with Crippen LogP contribution in [-0.4, -0.2) is 22.4 Å². The number of hydrogen-bond acceptors (Lipinski definition) is 2. The quantitative estimate of drug-likeness (QED) is 0.758. The minimum Gasteiger partial charge on any atom is -0.342 e. The number of aromatic nitrogens is 2. The van der Waals surface area contributed by atoms with E-state index in [0.29, 0.717) is 13.0 Å². The monoisotopic (exact) mass is 355 g/mol. The molecule has 2 heterocycles. The van der Waals surface area contributed by atoms with Crippen molar-refractivity contribution < 1.29 is 4.79 Å². The minimum atomic E-state index is 0.114. The van der Waals surface area contributed by atoms with Crippen molar-refractivity contribution in [1.82, 2.24) is 9.97 Å². The molecule has 1 aromatic heterocycles. The Labute approximate surface area is 136 Å². The summed E-state index contributed by atoms with van der Waals surface area (Å²) < 4.78 is 1.01. The van der Waals surface area contributed by atoms with E-state index in [1.807, 2.05) is 53.4 Å². The molecule has 0 aliphatic carbocycles. The van der Waals surface area contributed by atoms with E-state index in [1.54, 1.807) is 0 Å². The van der Waals surface area contributed by atoms with Crippen LogP contribution in [0.2, 0.25) is 0 Å². The van der Waals surface area contributed by atoms with E-state index in [0.717, 1.165) is 27.0 Å². The first-order valence-electron chi connectivity index (χ1n) is 7.21. The van der Waals surface area contributed by atoms with E-state index < -0.39 is 0 Å². The number of carbonyl (C=O) groups excluding carboxylic acids is 1. The summed E-state index contributed by atoms with van der Waals surface area (Å²) in [5, 5.41) is 0. The number of fused-ring (bicyclic) bond motifs is 1. The number of benzene rings is 2. The van der Waals surface area contributed by atoms with E-state index in [9.17, 15) is 4.79 Å². The second-order valence-electron chi connectivity index (χ2n) is 5.52. The van der Waals surface area contributed by atoms with Crippen molar-refractivity contribution in [3.63, 3.8) is 0 Å². The average molecular weight is 356 g/mol. The summed E-state index contributed by atoms with van der Waals surface area (Å²) in [6.07, 6.45) is 0.496. The van der Waals surface area contributed by atoms with Gasteiger partial charge in [0.1, 0.15) is 5.82 Å². The molecule has 0 bridgehead atoms. The van der Waals surface area contributed by atoms with Crippen molar-refractivity contribution in [3.8, 4) is 0 Å². The zero-order valence-electron chi connectivity index (χ0n) is 11.8. The molecule has 4 rings (SSSR count). The van der Waals surface area contributed by atoms with Gasteiger partial charge in [0, 0.05) is 29.0 Å². The Morgan fingerprint density at radius 3 is 2.68 bits per heavy atom. The summed E-state index contributed by atoms with van der Waals surface area (Å²) in [6, 6.07) is 15.8. The Morgan fingerprint density at radius 2 is 1.91 bits per heavy atom. The molecule has 5 heteroatoms. The molecule has 0 radical (unpaired) electrons. The fraction of sp³-hybridized carbons (Fsp3) is 0.176. The SMILES string of the molecule is O=C1C[C@@H](c2nc3ccccc3[nH]2)CN1c1ccc(Br)cc1. The summed E-state index contributed by atoms with van der Waals surface area (Å²) in [7, 11) is 0. The van der Waals surface area contributed by atoms with Crippen LogP contribution in [-0.2, 0) is 4.79 Å². The van der Waals surface area contributed by atoms with Crippen molar-refractivity contribution in [1.29, 1.82) is 0 Å². The molecule has 1 fully saturated rings. The smallest absolute Gasteiger partial charge is 0.227 e. The summed E-state index contributed by atoms with van der Waals surface area (Å²) in [5.74, 6) is 1.16. The molecule has 0 saturated carbocycles. The summed E-state index contributed by atoms with van der Waals surface area (Å²) >= 11 is 3.42. The molecule has 0 spiro atoms. The lowest BCUT2D eigenvalue weighted by Crippen LogP contribution is -2.24. The molecule has 1 amide bonds. The van der Waals surface area contributed by atoms with Gasteiger partial charge in [-0.3, -0.25) is 4.79 Å². The second-order valence-corrected chi connectivity index (χ2v) is 6.44. The van der Waals surface area contributed by atoms with Gasteiger partial charge in [-0.2, -0.15) is 0 Å². The molecule has 4 nitrogen and oxygen atoms in total. The van der Waals surface area contributed by atoms with Gasteiger partial charge >= 0.3 is 0 Å². The molecular formula is C17H14BrN3O. The van der Waals surface area contributed by atoms with Gasteiger partial charge in [-0.05, 0) is 36.4 Å². The molecule has 22 heavy (non-hydrogen) atoms. The van der Waals surface area contributed by atoms with Crippen LogP contribution in [0.3, 0.4) is 0 Å². The number of para-hydroxylation sites is 2. The number of nitrogens with zero attached hydrogens (tertiary/aromatic N) is 2. The Morgan fingerprint density at radius 1 is 1.14 bits per heavy atom. The molecule has 1 aliphatic heterocycles. The maximum absolute atomic E-state index is 12.3. The van der Waals surface area contributed by atoms with Gasteiger partial charge in [0.05, 0.1) is 11.0 Å². The number of aromatic amines is 1. The minimum absolute atomic E-state index is 0.114. The Kier molecular flexibility index (Phi) is 3.22. The maximum Gasteiger partial charge on any atom is 0.227 e. The number of nitrogens with one attached hydrogen (secondary N) is 1. The fourth-order valence-corrected chi connectivity index (χ4v) is 3.19. The average Bonchev–Trinajstić information content (AvgIpc) is 3.11. The van der Waals surface area contributed by atoms with Crippen LogP contribution in [0.4, 0.5) is 5.69 Å². The van der Waals surface area contributed by atoms with Gasteiger partial charge in [0.2, 0.25) is 5.91 Å². The second kappa shape index (κ2) is 5.25. The molecule has 1 atom stereocenters. The third kappa shape index (κ3) is 2.31. The predicted molar refractivity (Wildman–Crippen MR) is 89.9 cm³/mol. The van der Waals surface area contributed by atoms with Gasteiger partial charge < -0.3 is 9.88 Å². The summed E-state index contributed by atoms with van der Waals surface area (Å²) in [6.45, 7) is 0.667. The van der Waals surface area contributed by atoms with E-state index in [2.05, 4.69) is 25.9 Å². The van der Waals surface area contributed by atoms with Crippen molar-refractivity contribution >= 4 is 38.6 Å². The van der Waals surface area contributed by atoms with Crippen LogP contribution in [0, 0.1) is 0 Å². The first kappa shape index (κ1) is 13.5. The van der Waals surface area contributed by atoms with E-state index in [-0.39, 0.29) is 11.8 Å². The highest BCUT2D eigenvalue weighted by atomic mass is 79.9. The fourth-order valence-electron chi connectivity index (χ4n) is 2.93. The van der Waals surface area contributed by atoms with Crippen LogP contribution in [0.15, 0.2) is 53.0 Å². The molecule has 1 aliphatic rings. The predicted octanol–water partition coefficient (Wildman–Crippen LogP) is 3.85. The van der Waals surface area contributed by atoms with Crippen LogP contribution in [0.25, 0.3) is 11.0 Å². The maximum atomic E-state index is 12.3. The summed E-state index contributed by atoms with van der Waals surface area (Å²) in [4.78, 5) is 22.1. The van der Waals surface area contributed by atoms with Gasteiger partial charge in [0.25, 0.3) is 0 Å². The van der Waals surface area contributed by atoms with E-state index >= 15 is 0 Å². The van der Waals surface area contributed by atoms with Crippen molar-refractivity contribution in [2.24, 2.45) is 0 Å². The number of hydrogen-bond donors (Lipinski definition) is 1. The lowest BCUT2D eigenvalue weighted by Gasteiger charge is -2.16. The lowest BCUT2D eigenvalue weighted by molar-refractivity contribution is -0.117. The number of halogens is 1. The van der Waals surface area contributed by atoms with Gasteiger partial charge in [-0.1, -0.05) is 28.1 Å². The molecule has 3 aromatic rings. The highest BCUT2D eigenvalue weighted by Gasteiger charge is 2.33. The number of amides is 1. The number of anilines is 1. The van der Waals surface area contributed by atoms with Crippen molar-refractivity contribution in [2.45, 2.75) is 12.3 Å². The van der Waals surface area contributed by atoms with Crippen LogP contribution in [0.5, 0.6) is 0 Å². The molecule has 2 aromatic carbocycles. The van der Waals surface area contributed by atoms with Crippen LogP contribution >= 0.6 is 15.9 Å². The van der Waals surface area contributed by atoms with Gasteiger partial charge in [-0.15, -0.1) is 0 Å². The Hall–Kier alpha value is -2.14. The molecule has 0 unspecified atom stereocenters. The highest BCUT2D eigenvalue weighted by molar-refractivity contribution is 9.10. The first-order valence-corrected chi connectivity index (χ1v) is 8.00. The third-order valence-electron chi connectivity index (χ3n) is 4.06. The molecule has 1 N–H and O–H groups in total. The molecular weight excluding hydrogens is 342 g/mol. The Bertz CT molecular complexity index is 807. The first-order chi connectivity index (χ1) is 10.7. The number of H-pyrrole nitrogens is 1. The van der Waals surface area contributed by atoms with E-state index in [1.165, 1.54) is 0 Å². The topological polar surface area (TPSA) is 49.0 Å². The molecule has 1 saturated heterocycles. The number of rotatable bonds is 2. The van der Waals surface area contributed by atoms with Crippen LogP contribution < -0.4 is 4.90 Å². The zero-order chi connectivity index (χ0) is 15.1. The van der Waals surface area contributed by atoms with E-state index in [4.69, 9.17) is 0 Å². The zero-order valence-corrected chi connectivity index (χ0v) is 13.4. The highest BCUT2D eigenvalue weighted by Crippen LogP contribution is 2.31. The standard InChI is InChI=1S/C17H14BrN3O/c18-12-5-7-13(8-6-12)21-10-11(9-16(21)22)17-19-14-3-1-2-4-15(14)20-17/h1-8,11H,9-10H2,(H,19,20)/t11-/m1/s1. The largest absolute Gasteiger partial charge is 0.342 e. The van der Waals surface area contributed by atoms with Crippen molar-refractivity contribution in [2.75, 3.05) is 11.4 Å². The summed E-state index contributed by atoms with van der Waals surface area (Å²) in [5.41, 5.74) is 2.91. The number of imidazole rings is 1. The molecule has 110 valence electrons. The van der Waals surface area contributed by atoms with Gasteiger partial charge in [-0.25, -0.2) is 4.98 Å². The van der Waals surface area contributed by atoms with Gasteiger partial charge in [0.15, 0.2) is 0 Å². The third-order valence-corrected chi connectivity index (χ3v) is 4.59. The normalized spacial score (nSPS) is 18.3. The lowest BCUT2D eigenvalue weighted by atomic mass is 10.1. The Balaban J connectivity index is 1.62. The van der Waals surface area contributed by atoms with Crippen molar-refractivity contribution in [3.05, 3.63) is 58.8 Å². The van der Waals surface area contributed by atoms with Crippen LogP contribution in [0.1, 0.15) is 18.2 Å².